The molecule has 10 heteroatoms. The van der Waals surface area contributed by atoms with Gasteiger partial charge in [-0.15, -0.1) is 13.2 Å². The van der Waals surface area contributed by atoms with Crippen LogP contribution in [0, 0.1) is 5.92 Å². The third-order valence-corrected chi connectivity index (χ3v) is 7.69. The van der Waals surface area contributed by atoms with Crippen LogP contribution in [0.2, 0.25) is 0 Å². The maximum absolute atomic E-state index is 13.5. The molecule has 1 N–H and O–H groups in total. The van der Waals surface area contributed by atoms with Crippen LogP contribution in [-0.2, 0) is 4.79 Å². The summed E-state index contributed by atoms with van der Waals surface area (Å²) in [5.74, 6) is 0.499. The van der Waals surface area contributed by atoms with E-state index in [1.807, 2.05) is 4.90 Å². The highest BCUT2D eigenvalue weighted by Crippen LogP contribution is 2.37. The van der Waals surface area contributed by atoms with Crippen LogP contribution in [-0.4, -0.2) is 69.8 Å². The van der Waals surface area contributed by atoms with Crippen molar-refractivity contribution < 1.29 is 22.7 Å². The summed E-state index contributed by atoms with van der Waals surface area (Å²) in [5, 5.41) is 3.58. The lowest BCUT2D eigenvalue weighted by Crippen LogP contribution is -2.50. The molecule has 1 amide bonds. The Morgan fingerprint density at radius 1 is 1.14 bits per heavy atom. The number of carbonyl (C=O) groups excluding carboxylic acids is 1. The molecule has 1 saturated heterocycles. The molecule has 0 unspecified atom stereocenters. The summed E-state index contributed by atoms with van der Waals surface area (Å²) in [4.78, 5) is 26.5. The van der Waals surface area contributed by atoms with Gasteiger partial charge in [-0.2, -0.15) is 0 Å². The van der Waals surface area contributed by atoms with E-state index >= 15 is 0 Å². The number of alkyl halides is 3. The zero-order valence-electron chi connectivity index (χ0n) is 21.2. The van der Waals surface area contributed by atoms with Crippen molar-refractivity contribution in [3.05, 3.63) is 24.5 Å². The number of fused-ring (bicyclic) bond motifs is 1. The van der Waals surface area contributed by atoms with Crippen LogP contribution in [0.3, 0.4) is 0 Å². The fourth-order valence-electron chi connectivity index (χ4n) is 6.06. The number of anilines is 1. The molecule has 2 aromatic rings. The van der Waals surface area contributed by atoms with Crippen molar-refractivity contribution in [3.63, 3.8) is 0 Å². The maximum atomic E-state index is 13.5. The molecule has 1 aromatic carbocycles. The molecular formula is C26H36F3N5O2. The Labute approximate surface area is 210 Å². The summed E-state index contributed by atoms with van der Waals surface area (Å²) < 4.78 is 42.2. The predicted molar refractivity (Wildman–Crippen MR) is 133 cm³/mol. The Hall–Kier alpha value is -2.62. The first-order valence-electron chi connectivity index (χ1n) is 13.1. The molecule has 2 fully saturated rings. The molecule has 198 valence electrons. The van der Waals surface area contributed by atoms with Crippen LogP contribution in [0.1, 0.15) is 59.3 Å². The van der Waals surface area contributed by atoms with E-state index < -0.39 is 12.4 Å². The van der Waals surface area contributed by atoms with Crippen LogP contribution < -0.4 is 10.1 Å². The average Bonchev–Trinajstić information content (AvgIpc) is 3.19. The highest BCUT2D eigenvalue weighted by atomic mass is 19.4. The van der Waals surface area contributed by atoms with Gasteiger partial charge in [0.15, 0.2) is 0 Å². The number of amides is 1. The number of rotatable bonds is 9. The molecule has 7 nitrogen and oxygen atoms in total. The first kappa shape index (κ1) is 26.4. The number of ether oxygens (including phenoxy) is 1. The Kier molecular flexibility index (Phi) is 8.22. The smallest absolute Gasteiger partial charge is 0.406 e. The van der Waals surface area contributed by atoms with E-state index in [-0.39, 0.29) is 17.7 Å². The summed E-state index contributed by atoms with van der Waals surface area (Å²) in [6.07, 6.45) is 2.56. The molecule has 2 heterocycles. The molecular weight excluding hydrogens is 471 g/mol. The molecule has 0 radical (unpaired) electrons. The van der Waals surface area contributed by atoms with Crippen LogP contribution in [0.4, 0.5) is 19.0 Å². The van der Waals surface area contributed by atoms with Gasteiger partial charge in [-0.1, -0.05) is 27.2 Å². The molecule has 0 spiro atoms. The van der Waals surface area contributed by atoms with Crippen LogP contribution in [0.25, 0.3) is 10.9 Å². The fraction of sp³-hybridized carbons (Fsp3) is 0.654. The summed E-state index contributed by atoms with van der Waals surface area (Å²) in [6.45, 7) is 9.37. The molecule has 1 aromatic heterocycles. The Morgan fingerprint density at radius 2 is 1.92 bits per heavy atom. The van der Waals surface area contributed by atoms with Gasteiger partial charge in [-0.3, -0.25) is 4.79 Å². The number of nitrogens with one attached hydrogen (secondary N) is 1. The minimum atomic E-state index is -4.79. The first-order valence-corrected chi connectivity index (χ1v) is 13.1. The van der Waals surface area contributed by atoms with Crippen molar-refractivity contribution in [2.24, 2.45) is 5.92 Å². The van der Waals surface area contributed by atoms with E-state index in [0.717, 1.165) is 45.2 Å². The topological polar surface area (TPSA) is 70.6 Å². The number of likely N-dealkylation sites (tertiary alicyclic amines) is 1. The number of benzene rings is 1. The van der Waals surface area contributed by atoms with E-state index in [1.54, 1.807) is 0 Å². The van der Waals surface area contributed by atoms with E-state index in [1.165, 1.54) is 24.5 Å². The first-order chi connectivity index (χ1) is 17.2. The van der Waals surface area contributed by atoms with E-state index in [9.17, 15) is 18.0 Å². The molecule has 2 aliphatic rings. The van der Waals surface area contributed by atoms with Crippen LogP contribution in [0.5, 0.6) is 5.75 Å². The van der Waals surface area contributed by atoms with Crippen molar-refractivity contribution >= 4 is 22.6 Å². The molecule has 1 aliphatic heterocycles. The lowest BCUT2D eigenvalue weighted by atomic mass is 9.78. The van der Waals surface area contributed by atoms with Crippen molar-refractivity contribution in [3.8, 4) is 5.75 Å². The highest BCUT2D eigenvalue weighted by molar-refractivity contribution is 5.93. The maximum Gasteiger partial charge on any atom is 0.573 e. The summed E-state index contributed by atoms with van der Waals surface area (Å²) in [7, 11) is 0. The van der Waals surface area contributed by atoms with Crippen LogP contribution >= 0.6 is 0 Å². The Morgan fingerprint density at radius 3 is 2.61 bits per heavy atom. The van der Waals surface area contributed by atoms with Crippen molar-refractivity contribution in [1.82, 2.24) is 19.8 Å². The fourth-order valence-corrected chi connectivity index (χ4v) is 6.06. The predicted octanol–water partition coefficient (Wildman–Crippen LogP) is 5.22. The van der Waals surface area contributed by atoms with Gasteiger partial charge in [0.1, 0.15) is 23.9 Å². The van der Waals surface area contributed by atoms with Gasteiger partial charge >= 0.3 is 6.36 Å². The second kappa shape index (κ2) is 11.2. The van der Waals surface area contributed by atoms with Crippen molar-refractivity contribution in [1.29, 1.82) is 0 Å². The molecule has 0 bridgehead atoms. The second-order valence-electron chi connectivity index (χ2n) is 9.77. The standard InChI is InChI=1S/C26H36F3N5O2/c1-4-7-17-14-18(33(5-2)6-3)8-11-23(17)34-13-12-22(25(34)35)32-24-20-15-19(36-26(27,28)29)9-10-21(20)30-16-31-24/h9-10,15-18,22-23H,4-8,11-14H2,1-3H3,(H,30,31,32)/t17-,18-,22+,23+/m1/s1. The summed E-state index contributed by atoms with van der Waals surface area (Å²) >= 11 is 0. The van der Waals surface area contributed by atoms with E-state index in [2.05, 4.69) is 45.7 Å². The summed E-state index contributed by atoms with van der Waals surface area (Å²) in [5.41, 5.74) is 0.474. The highest BCUT2D eigenvalue weighted by Gasteiger charge is 2.42. The zero-order chi connectivity index (χ0) is 25.9. The normalized spacial score (nSPS) is 25.1. The molecule has 1 aliphatic carbocycles. The van der Waals surface area contributed by atoms with Crippen molar-refractivity contribution in [2.75, 3.05) is 25.0 Å². The minimum Gasteiger partial charge on any atom is -0.406 e. The lowest BCUT2D eigenvalue weighted by Gasteiger charge is -2.44. The third kappa shape index (κ3) is 5.85. The van der Waals surface area contributed by atoms with Gasteiger partial charge in [0, 0.05) is 24.0 Å². The quantitative estimate of drug-likeness (QED) is 0.502. The van der Waals surface area contributed by atoms with Crippen molar-refractivity contribution in [2.45, 2.75) is 83.8 Å². The van der Waals surface area contributed by atoms with E-state index in [0.29, 0.717) is 41.6 Å². The minimum absolute atomic E-state index is 0.0388. The monoisotopic (exact) mass is 507 g/mol. The molecule has 1 saturated carbocycles. The largest absolute Gasteiger partial charge is 0.573 e. The van der Waals surface area contributed by atoms with Gasteiger partial charge < -0.3 is 19.9 Å². The van der Waals surface area contributed by atoms with Gasteiger partial charge in [0.2, 0.25) is 5.91 Å². The lowest BCUT2D eigenvalue weighted by molar-refractivity contribution is -0.274. The van der Waals surface area contributed by atoms with Gasteiger partial charge in [-0.05, 0) is 69.3 Å². The number of hydrogen-bond donors (Lipinski definition) is 1. The number of carbonyl (C=O) groups is 1. The molecule has 4 rings (SSSR count). The van der Waals surface area contributed by atoms with E-state index in [4.69, 9.17) is 0 Å². The number of nitrogens with zero attached hydrogens (tertiary/aromatic N) is 4. The molecule has 4 atom stereocenters. The SMILES string of the molecule is CCC[C@@H]1C[C@H](N(CC)CC)CC[C@@H]1N1CC[C@H](Nc2ncnc3ccc(OC(F)(F)F)cc23)C1=O. The van der Waals surface area contributed by atoms with Gasteiger partial charge in [-0.25, -0.2) is 9.97 Å². The van der Waals surface area contributed by atoms with Gasteiger partial charge in [0.05, 0.1) is 5.52 Å². The zero-order valence-corrected chi connectivity index (χ0v) is 21.2. The number of halogens is 3. The number of hydrogen-bond acceptors (Lipinski definition) is 6. The summed E-state index contributed by atoms with van der Waals surface area (Å²) in [6, 6.07) is 4.25. The molecule has 36 heavy (non-hydrogen) atoms. The second-order valence-corrected chi connectivity index (χ2v) is 9.77. The Bertz CT molecular complexity index is 1050. The third-order valence-electron chi connectivity index (χ3n) is 7.69. The number of aromatic nitrogens is 2. The van der Waals surface area contributed by atoms with Crippen LogP contribution in [0.15, 0.2) is 24.5 Å². The van der Waals surface area contributed by atoms with Gasteiger partial charge in [0.25, 0.3) is 0 Å². The average molecular weight is 508 g/mol. The Balaban J connectivity index is 1.49.